The highest BCUT2D eigenvalue weighted by Crippen LogP contribution is 2.56. The molecule has 5 aromatic rings. The molecule has 0 saturated carbocycles. The first-order valence-corrected chi connectivity index (χ1v) is 24.3. The summed E-state index contributed by atoms with van der Waals surface area (Å²) in [5.74, 6) is -1.03. The highest BCUT2D eigenvalue weighted by atomic mass is 19.2. The molecular formula is C58H71BF2N2O3. The zero-order chi connectivity index (χ0) is 47.8. The van der Waals surface area contributed by atoms with Crippen LogP contribution < -0.4 is 4.90 Å². The summed E-state index contributed by atoms with van der Waals surface area (Å²) in [6, 6.07) is 37.2. The Bertz CT molecular complexity index is 2410. The minimum absolute atomic E-state index is 0.0108. The molecule has 5 nitrogen and oxygen atoms in total. The first-order chi connectivity index (χ1) is 31.4. The summed E-state index contributed by atoms with van der Waals surface area (Å²) < 4.78 is 34.5. The minimum Gasteiger partial charge on any atom is -0.505 e. The molecule has 0 bridgehead atoms. The number of allylic oxidation sites excluding steroid dienone is 1. The Morgan fingerprint density at radius 2 is 1.11 bits per heavy atom. The molecule has 0 unspecified atom stereocenters. The molecule has 0 amide bonds. The third kappa shape index (κ3) is 11.7. The van der Waals surface area contributed by atoms with Crippen molar-refractivity contribution in [3.8, 4) is 11.1 Å². The lowest BCUT2D eigenvalue weighted by Crippen LogP contribution is -2.26. The van der Waals surface area contributed by atoms with E-state index in [2.05, 4.69) is 139 Å². The fourth-order valence-corrected chi connectivity index (χ4v) is 9.48. The van der Waals surface area contributed by atoms with Crippen LogP contribution in [-0.2, 0) is 20.9 Å². The molecule has 0 spiro atoms. The number of hydrogen-bond donors (Lipinski definition) is 1. The first-order valence-electron chi connectivity index (χ1n) is 24.3. The zero-order valence-electron chi connectivity index (χ0n) is 41.1. The van der Waals surface area contributed by atoms with E-state index < -0.39 is 13.4 Å². The van der Waals surface area contributed by atoms with E-state index in [1.54, 1.807) is 18.2 Å². The molecular weight excluding hydrogens is 821 g/mol. The Kier molecular flexibility index (Phi) is 16.2. The summed E-state index contributed by atoms with van der Waals surface area (Å²) >= 11 is 0. The van der Waals surface area contributed by atoms with Crippen molar-refractivity contribution in [1.29, 1.82) is 0 Å². The van der Waals surface area contributed by atoms with Crippen LogP contribution in [0.2, 0.25) is 0 Å². The van der Waals surface area contributed by atoms with Gasteiger partial charge in [-0.05, 0) is 131 Å². The lowest BCUT2D eigenvalue weighted by atomic mass is 9.70. The number of anilines is 3. The van der Waals surface area contributed by atoms with E-state index in [9.17, 15) is 18.5 Å². The van der Waals surface area contributed by atoms with Crippen LogP contribution in [0.25, 0.3) is 16.9 Å². The normalized spacial score (nSPS) is 13.7. The van der Waals surface area contributed by atoms with Crippen LogP contribution in [0, 0.1) is 0 Å². The Hall–Kier alpha value is -5.50. The Morgan fingerprint density at radius 3 is 1.56 bits per heavy atom. The van der Waals surface area contributed by atoms with E-state index in [-0.39, 0.29) is 33.6 Å². The monoisotopic (exact) mass is 893 g/mol. The van der Waals surface area contributed by atoms with Gasteiger partial charge in [-0.15, -0.1) is 0 Å². The van der Waals surface area contributed by atoms with Gasteiger partial charge in [0.05, 0.1) is 11.3 Å². The molecule has 1 N–H and O–H groups in total. The number of aliphatic imine (C=N–C) groups is 1. The van der Waals surface area contributed by atoms with Gasteiger partial charge in [-0.25, -0.2) is 13.4 Å². The predicted molar refractivity (Wildman–Crippen MR) is 274 cm³/mol. The van der Waals surface area contributed by atoms with Gasteiger partial charge >= 0.3 is 13.4 Å². The summed E-state index contributed by atoms with van der Waals surface area (Å²) in [6.07, 6.45) is 12.3. The summed E-state index contributed by atoms with van der Waals surface area (Å²) in [6.45, 7) is 21.8. The largest absolute Gasteiger partial charge is 0.796 e. The molecule has 66 heavy (non-hydrogen) atoms. The number of aromatic carboxylic acids is 1. The molecule has 0 radical (unpaired) electrons. The average molecular weight is 893 g/mol. The average Bonchev–Trinajstić information content (AvgIpc) is 3.53. The van der Waals surface area contributed by atoms with Crippen molar-refractivity contribution in [2.45, 2.75) is 156 Å². The molecule has 0 saturated heterocycles. The number of carboxylic acid groups (broad SMARTS) is 1. The van der Waals surface area contributed by atoms with Crippen LogP contribution in [0.4, 0.5) is 25.7 Å². The molecule has 0 aromatic heterocycles. The second-order valence-corrected chi connectivity index (χ2v) is 20.5. The van der Waals surface area contributed by atoms with Gasteiger partial charge in [-0.3, -0.25) is 4.99 Å². The lowest BCUT2D eigenvalue weighted by Gasteiger charge is -2.34. The second-order valence-electron chi connectivity index (χ2n) is 20.5. The smallest absolute Gasteiger partial charge is 0.505 e. The Labute approximate surface area is 394 Å². The standard InChI is InChI=1S/C58H71BF2N2O3/c1-11-13-15-17-35-58(36-18-16-14-12-2)51-37-43(54(66-59(60)61)39-53(62-40(3)4)41-19-21-42(22-20-41)55(64)65)23-33-49(51)50-34-32-48(38-52(50)58)63(46-28-24-44(25-29-46)56(5,6)7)47-30-26-45(27-31-47)57(8,9)10/h19-34,37-40H,11-18,35-36H2,1-10H3,(H,64,65)/b54-39-,62-53?. The summed E-state index contributed by atoms with van der Waals surface area (Å²) in [5.41, 5.74) is 11.9. The fraction of sp³-hybridized carbons (Fsp3) is 0.414. The molecule has 1 aliphatic rings. The molecule has 348 valence electrons. The van der Waals surface area contributed by atoms with Crippen LogP contribution in [-0.4, -0.2) is 30.3 Å². The molecule has 0 aliphatic heterocycles. The topological polar surface area (TPSA) is 62.1 Å². The number of carboxylic acids is 1. The molecule has 0 atom stereocenters. The molecule has 0 heterocycles. The maximum absolute atomic E-state index is 14.5. The van der Waals surface area contributed by atoms with Crippen LogP contribution in [0.1, 0.15) is 177 Å². The Morgan fingerprint density at radius 1 is 0.652 bits per heavy atom. The van der Waals surface area contributed by atoms with Crippen molar-refractivity contribution >= 4 is 42.0 Å². The zero-order valence-corrected chi connectivity index (χ0v) is 41.1. The Balaban J connectivity index is 1.57. The quantitative estimate of drug-likeness (QED) is 0.0366. The second kappa shape index (κ2) is 21.4. The number of halogens is 2. The molecule has 0 fully saturated rings. The first kappa shape index (κ1) is 49.9. The maximum Gasteiger partial charge on any atom is 0.796 e. The van der Waals surface area contributed by atoms with Crippen molar-refractivity contribution in [3.05, 3.63) is 154 Å². The fourth-order valence-electron chi connectivity index (χ4n) is 9.48. The van der Waals surface area contributed by atoms with Gasteiger partial charge in [-0.2, -0.15) is 0 Å². The third-order valence-electron chi connectivity index (χ3n) is 13.1. The number of fused-ring (bicyclic) bond motifs is 3. The van der Waals surface area contributed by atoms with E-state index in [0.29, 0.717) is 16.8 Å². The van der Waals surface area contributed by atoms with Crippen LogP contribution in [0.15, 0.2) is 120 Å². The van der Waals surface area contributed by atoms with Gasteiger partial charge in [-0.1, -0.05) is 161 Å². The summed E-state index contributed by atoms with van der Waals surface area (Å²) in [4.78, 5) is 18.9. The predicted octanol–water partition coefficient (Wildman–Crippen LogP) is 16.8. The van der Waals surface area contributed by atoms with Crippen molar-refractivity contribution in [3.63, 3.8) is 0 Å². The van der Waals surface area contributed by atoms with E-state index in [1.807, 2.05) is 19.9 Å². The lowest BCUT2D eigenvalue weighted by molar-refractivity contribution is 0.0696. The van der Waals surface area contributed by atoms with Crippen LogP contribution in [0.5, 0.6) is 0 Å². The maximum atomic E-state index is 14.5. The highest BCUT2D eigenvalue weighted by molar-refractivity contribution is 6.36. The third-order valence-corrected chi connectivity index (χ3v) is 13.1. The van der Waals surface area contributed by atoms with Gasteiger partial charge in [0.1, 0.15) is 5.76 Å². The molecule has 5 aromatic carbocycles. The van der Waals surface area contributed by atoms with E-state index in [0.717, 1.165) is 92.4 Å². The molecule has 1 aliphatic carbocycles. The van der Waals surface area contributed by atoms with Crippen molar-refractivity contribution < 1.29 is 23.2 Å². The SMILES string of the molecule is CCCCCCC1(CCCCCC)c2cc(/C(=C/C(=NC(C)C)c3ccc(C(=O)O)cc3)OB(F)F)ccc2-c2ccc(N(c3ccc(C(C)(C)C)cc3)c3ccc(C(C)(C)C)cc3)cc21. The van der Waals surface area contributed by atoms with Gasteiger partial charge in [0.2, 0.25) is 0 Å². The molecule has 6 rings (SSSR count). The molecule has 8 heteroatoms. The van der Waals surface area contributed by atoms with Crippen molar-refractivity contribution in [2.24, 2.45) is 4.99 Å². The number of rotatable bonds is 20. The number of benzene rings is 5. The van der Waals surface area contributed by atoms with Crippen LogP contribution in [0.3, 0.4) is 0 Å². The number of carbonyl (C=O) groups is 1. The number of nitrogens with zero attached hydrogens (tertiary/aromatic N) is 2. The van der Waals surface area contributed by atoms with Gasteiger partial charge in [0.15, 0.2) is 0 Å². The highest BCUT2D eigenvalue weighted by Gasteiger charge is 2.43. The van der Waals surface area contributed by atoms with E-state index >= 15 is 0 Å². The van der Waals surface area contributed by atoms with E-state index in [4.69, 9.17) is 9.65 Å². The van der Waals surface area contributed by atoms with Crippen molar-refractivity contribution in [2.75, 3.05) is 4.90 Å². The summed E-state index contributed by atoms with van der Waals surface area (Å²) in [7, 11) is -3.08. The van der Waals surface area contributed by atoms with Gasteiger partial charge in [0.25, 0.3) is 0 Å². The minimum atomic E-state index is -3.08. The number of unbranched alkanes of at least 4 members (excludes halogenated alkanes) is 6. The van der Waals surface area contributed by atoms with Gasteiger partial charge in [0, 0.05) is 40.2 Å². The van der Waals surface area contributed by atoms with Crippen molar-refractivity contribution in [1.82, 2.24) is 0 Å². The van der Waals surface area contributed by atoms with Gasteiger partial charge < -0.3 is 14.7 Å². The number of hydrogen-bond acceptors (Lipinski definition) is 4. The van der Waals surface area contributed by atoms with Crippen LogP contribution >= 0.6 is 0 Å². The summed E-state index contributed by atoms with van der Waals surface area (Å²) in [5, 5.41) is 9.56. The van der Waals surface area contributed by atoms with E-state index in [1.165, 1.54) is 34.4 Å².